The van der Waals surface area contributed by atoms with Gasteiger partial charge in [0, 0.05) is 32.7 Å². The molecule has 2 heterocycles. The van der Waals surface area contributed by atoms with Gasteiger partial charge in [-0.15, -0.1) is 0 Å². The van der Waals surface area contributed by atoms with Crippen molar-refractivity contribution in [2.45, 2.75) is 6.42 Å². The summed E-state index contributed by atoms with van der Waals surface area (Å²) in [6, 6.07) is 2.01. The van der Waals surface area contributed by atoms with Crippen LogP contribution in [0.3, 0.4) is 0 Å². The van der Waals surface area contributed by atoms with Crippen molar-refractivity contribution in [2.75, 3.05) is 45.9 Å². The van der Waals surface area contributed by atoms with Crippen LogP contribution in [0.5, 0.6) is 0 Å². The van der Waals surface area contributed by atoms with Crippen molar-refractivity contribution in [1.29, 1.82) is 0 Å². The number of amides is 2. The first-order valence-corrected chi connectivity index (χ1v) is 8.07. The Morgan fingerprint density at radius 1 is 1.19 bits per heavy atom. The minimum Gasteiger partial charge on any atom is -0.379 e. The molecule has 0 saturated carbocycles. The fraction of sp³-hybridized carbons (Fsp3) is 0.571. The van der Waals surface area contributed by atoms with Gasteiger partial charge < -0.3 is 15.4 Å². The Kier molecular flexibility index (Phi) is 6.65. The maximum Gasteiger partial charge on any atom is 0.309 e. The van der Waals surface area contributed by atoms with E-state index in [9.17, 15) is 9.59 Å². The molecule has 1 saturated heterocycles. The summed E-state index contributed by atoms with van der Waals surface area (Å²) in [6.45, 7) is 4.93. The molecule has 1 fully saturated rings. The highest BCUT2D eigenvalue weighted by molar-refractivity contribution is 7.07. The lowest BCUT2D eigenvalue weighted by Crippen LogP contribution is -2.45. The predicted molar refractivity (Wildman–Crippen MR) is 81.3 cm³/mol. The average Bonchev–Trinajstić information content (AvgIpc) is 3.01. The van der Waals surface area contributed by atoms with Gasteiger partial charge in [-0.05, 0) is 28.8 Å². The van der Waals surface area contributed by atoms with Gasteiger partial charge in [-0.1, -0.05) is 0 Å². The van der Waals surface area contributed by atoms with Crippen LogP contribution in [-0.2, 0) is 20.7 Å². The first-order chi connectivity index (χ1) is 10.3. The molecule has 0 aromatic carbocycles. The number of carbonyl (C=O) groups is 2. The Hall–Kier alpha value is -1.44. The third-order valence-electron chi connectivity index (χ3n) is 3.30. The first-order valence-electron chi connectivity index (χ1n) is 7.13. The van der Waals surface area contributed by atoms with E-state index in [4.69, 9.17) is 4.74 Å². The molecule has 7 heteroatoms. The molecule has 6 nitrogen and oxygen atoms in total. The second kappa shape index (κ2) is 8.76. The van der Waals surface area contributed by atoms with E-state index in [1.807, 2.05) is 16.8 Å². The predicted octanol–water partition coefficient (Wildman–Crippen LogP) is -0.145. The average molecular weight is 311 g/mol. The van der Waals surface area contributed by atoms with E-state index in [0.717, 1.165) is 39.3 Å². The van der Waals surface area contributed by atoms with Crippen LogP contribution in [-0.4, -0.2) is 62.7 Å². The van der Waals surface area contributed by atoms with Gasteiger partial charge in [0.15, 0.2) is 0 Å². The molecular formula is C14H21N3O3S. The molecule has 0 unspecified atom stereocenters. The van der Waals surface area contributed by atoms with E-state index in [2.05, 4.69) is 15.5 Å². The van der Waals surface area contributed by atoms with Gasteiger partial charge in [-0.2, -0.15) is 11.3 Å². The number of thiophene rings is 1. The minimum atomic E-state index is -0.563. The van der Waals surface area contributed by atoms with Gasteiger partial charge in [-0.25, -0.2) is 0 Å². The summed E-state index contributed by atoms with van der Waals surface area (Å²) in [4.78, 5) is 25.4. The number of hydrogen-bond donors (Lipinski definition) is 2. The molecule has 2 N–H and O–H groups in total. The molecule has 1 aliphatic heterocycles. The highest BCUT2D eigenvalue weighted by atomic mass is 32.1. The van der Waals surface area contributed by atoms with E-state index in [-0.39, 0.29) is 0 Å². The van der Waals surface area contributed by atoms with Crippen molar-refractivity contribution in [3.8, 4) is 0 Å². The van der Waals surface area contributed by atoms with Crippen LogP contribution in [0.1, 0.15) is 5.56 Å². The number of ether oxygens (including phenoxy) is 1. The van der Waals surface area contributed by atoms with Gasteiger partial charge in [0.1, 0.15) is 0 Å². The first kappa shape index (κ1) is 15.9. The van der Waals surface area contributed by atoms with E-state index < -0.39 is 11.8 Å². The van der Waals surface area contributed by atoms with Crippen LogP contribution in [0.2, 0.25) is 0 Å². The van der Waals surface area contributed by atoms with Crippen molar-refractivity contribution in [3.63, 3.8) is 0 Å². The molecule has 21 heavy (non-hydrogen) atoms. The fourth-order valence-electron chi connectivity index (χ4n) is 2.07. The molecule has 1 aliphatic rings. The standard InChI is InChI=1S/C14H21N3O3S/c18-13(15-3-1-12-2-10-21-11-12)14(19)16-4-5-17-6-8-20-9-7-17/h2,10-11H,1,3-9H2,(H,15,18)(H,16,19). The number of morpholine rings is 1. The molecule has 1 aromatic heterocycles. The summed E-state index contributed by atoms with van der Waals surface area (Å²) in [7, 11) is 0. The van der Waals surface area contributed by atoms with Crippen molar-refractivity contribution >= 4 is 23.2 Å². The zero-order chi connectivity index (χ0) is 14.9. The molecule has 2 rings (SSSR count). The Balaban J connectivity index is 1.55. The summed E-state index contributed by atoms with van der Waals surface area (Å²) in [5, 5.41) is 9.30. The molecular weight excluding hydrogens is 290 g/mol. The van der Waals surface area contributed by atoms with Crippen molar-refractivity contribution in [3.05, 3.63) is 22.4 Å². The molecule has 2 amide bonds. The Morgan fingerprint density at radius 3 is 2.57 bits per heavy atom. The zero-order valence-corrected chi connectivity index (χ0v) is 12.8. The maximum atomic E-state index is 11.6. The molecule has 0 spiro atoms. The molecule has 0 radical (unpaired) electrons. The van der Waals surface area contributed by atoms with E-state index in [1.54, 1.807) is 11.3 Å². The van der Waals surface area contributed by atoms with E-state index >= 15 is 0 Å². The molecule has 0 atom stereocenters. The Labute approximate surface area is 128 Å². The molecule has 1 aromatic rings. The van der Waals surface area contributed by atoms with Gasteiger partial charge >= 0.3 is 11.8 Å². The number of nitrogens with zero attached hydrogens (tertiary/aromatic N) is 1. The SMILES string of the molecule is O=C(NCCc1ccsc1)C(=O)NCCN1CCOCC1. The van der Waals surface area contributed by atoms with Crippen LogP contribution in [0.25, 0.3) is 0 Å². The van der Waals surface area contributed by atoms with Crippen molar-refractivity contribution < 1.29 is 14.3 Å². The molecule has 0 bridgehead atoms. The van der Waals surface area contributed by atoms with Crippen molar-refractivity contribution in [2.24, 2.45) is 0 Å². The van der Waals surface area contributed by atoms with Gasteiger partial charge in [0.05, 0.1) is 13.2 Å². The monoisotopic (exact) mass is 311 g/mol. The fourth-order valence-corrected chi connectivity index (χ4v) is 2.77. The van der Waals surface area contributed by atoms with Crippen LogP contribution in [0, 0.1) is 0 Å². The van der Waals surface area contributed by atoms with Gasteiger partial charge in [0.2, 0.25) is 0 Å². The second-order valence-electron chi connectivity index (χ2n) is 4.85. The van der Waals surface area contributed by atoms with E-state index in [1.165, 1.54) is 5.56 Å². The molecule has 116 valence electrons. The third-order valence-corrected chi connectivity index (χ3v) is 4.03. The van der Waals surface area contributed by atoms with Gasteiger partial charge in [-0.3, -0.25) is 14.5 Å². The number of carbonyl (C=O) groups excluding carboxylic acids is 2. The number of nitrogens with one attached hydrogen (secondary N) is 2. The topological polar surface area (TPSA) is 70.7 Å². The lowest BCUT2D eigenvalue weighted by Gasteiger charge is -2.26. The smallest absolute Gasteiger partial charge is 0.309 e. The van der Waals surface area contributed by atoms with Gasteiger partial charge in [0.25, 0.3) is 0 Å². The maximum absolute atomic E-state index is 11.6. The summed E-state index contributed by atoms with van der Waals surface area (Å²) in [5.74, 6) is -1.12. The highest BCUT2D eigenvalue weighted by Crippen LogP contribution is 2.05. The Bertz CT molecular complexity index is 444. The molecule has 0 aliphatic carbocycles. The number of rotatable bonds is 6. The lowest BCUT2D eigenvalue weighted by molar-refractivity contribution is -0.139. The summed E-state index contributed by atoms with van der Waals surface area (Å²) in [6.07, 6.45) is 0.746. The summed E-state index contributed by atoms with van der Waals surface area (Å²) >= 11 is 1.62. The summed E-state index contributed by atoms with van der Waals surface area (Å²) in [5.41, 5.74) is 1.17. The van der Waals surface area contributed by atoms with Crippen LogP contribution in [0.4, 0.5) is 0 Å². The normalized spacial score (nSPS) is 15.6. The van der Waals surface area contributed by atoms with Crippen molar-refractivity contribution in [1.82, 2.24) is 15.5 Å². The quantitative estimate of drug-likeness (QED) is 0.717. The van der Waals surface area contributed by atoms with Crippen LogP contribution >= 0.6 is 11.3 Å². The zero-order valence-electron chi connectivity index (χ0n) is 12.0. The largest absolute Gasteiger partial charge is 0.379 e. The third kappa shape index (κ3) is 5.82. The number of hydrogen-bond acceptors (Lipinski definition) is 5. The van der Waals surface area contributed by atoms with E-state index in [0.29, 0.717) is 13.1 Å². The van der Waals surface area contributed by atoms with Crippen LogP contribution in [0.15, 0.2) is 16.8 Å². The summed E-state index contributed by atoms with van der Waals surface area (Å²) < 4.78 is 5.25. The highest BCUT2D eigenvalue weighted by Gasteiger charge is 2.14. The van der Waals surface area contributed by atoms with Crippen LogP contribution < -0.4 is 10.6 Å². The minimum absolute atomic E-state index is 0.479. The second-order valence-corrected chi connectivity index (χ2v) is 5.63. The Morgan fingerprint density at radius 2 is 1.90 bits per heavy atom. The lowest BCUT2D eigenvalue weighted by atomic mass is 10.2.